The van der Waals surface area contributed by atoms with E-state index in [1.54, 1.807) is 37.4 Å². The maximum atomic E-state index is 12.4. The summed E-state index contributed by atoms with van der Waals surface area (Å²) in [5.74, 6) is 1.08. The number of methoxy groups -OCH3 is 2. The molecule has 0 fully saturated rings. The molecule has 0 bridgehead atoms. The Morgan fingerprint density at radius 3 is 2.35 bits per heavy atom. The normalized spacial score (nSPS) is 11.7. The maximum absolute atomic E-state index is 12.4. The predicted octanol–water partition coefficient (Wildman–Crippen LogP) is 4.28. The summed E-state index contributed by atoms with van der Waals surface area (Å²) in [7, 11) is 3.18. The van der Waals surface area contributed by atoms with Crippen LogP contribution in [-0.4, -0.2) is 32.9 Å². The molecule has 1 unspecified atom stereocenters. The molecular weight excluding hydrogens is 332 g/mol. The molecule has 0 heterocycles. The highest BCUT2D eigenvalue weighted by atomic mass is 16.5. The lowest BCUT2D eigenvalue weighted by atomic mass is 10.1. The maximum Gasteiger partial charge on any atom is 0.347 e. The molecule has 0 saturated heterocycles. The summed E-state index contributed by atoms with van der Waals surface area (Å²) >= 11 is 0. The summed E-state index contributed by atoms with van der Waals surface area (Å²) < 4.78 is 21.6. The first-order valence-corrected chi connectivity index (χ1v) is 8.72. The number of ether oxygens (including phenoxy) is 4. The van der Waals surface area contributed by atoms with Crippen molar-refractivity contribution < 1.29 is 23.7 Å². The van der Waals surface area contributed by atoms with Crippen molar-refractivity contribution in [2.75, 3.05) is 20.8 Å². The number of carbonyl (C=O) groups excluding carboxylic acids is 1. The molecule has 0 amide bonds. The number of esters is 1. The predicted molar refractivity (Wildman–Crippen MR) is 100 cm³/mol. The van der Waals surface area contributed by atoms with Crippen LogP contribution < -0.4 is 14.2 Å². The van der Waals surface area contributed by atoms with Gasteiger partial charge in [0.15, 0.2) is 0 Å². The second kappa shape index (κ2) is 9.82. The quantitative estimate of drug-likeness (QED) is 0.495. The van der Waals surface area contributed by atoms with Crippen molar-refractivity contribution >= 4 is 5.97 Å². The summed E-state index contributed by atoms with van der Waals surface area (Å²) in [6.45, 7) is 4.58. The highest BCUT2D eigenvalue weighted by molar-refractivity contribution is 5.94. The van der Waals surface area contributed by atoms with Gasteiger partial charge in [0.25, 0.3) is 0 Å². The third-order valence-corrected chi connectivity index (χ3v) is 4.13. The molecule has 5 heteroatoms. The van der Waals surface area contributed by atoms with Crippen LogP contribution in [0.4, 0.5) is 0 Å². The van der Waals surface area contributed by atoms with E-state index in [0.717, 1.165) is 12.8 Å². The van der Waals surface area contributed by atoms with Gasteiger partial charge in [0.2, 0.25) is 0 Å². The largest absolute Gasteiger partial charge is 0.496 e. The molecule has 2 rings (SSSR count). The fourth-order valence-corrected chi connectivity index (χ4v) is 2.35. The van der Waals surface area contributed by atoms with Crippen molar-refractivity contribution in [2.24, 2.45) is 0 Å². The Morgan fingerprint density at radius 2 is 1.73 bits per heavy atom. The molecule has 2 aromatic carbocycles. The lowest BCUT2D eigenvalue weighted by Crippen LogP contribution is -2.12. The van der Waals surface area contributed by atoms with Crippen LogP contribution in [0.1, 0.15) is 36.2 Å². The third-order valence-electron chi connectivity index (χ3n) is 4.13. The number of aryl methyl sites for hydroxylation is 1. The van der Waals surface area contributed by atoms with E-state index in [1.165, 1.54) is 12.7 Å². The minimum atomic E-state index is -0.467. The monoisotopic (exact) mass is 358 g/mol. The molecule has 140 valence electrons. The zero-order valence-electron chi connectivity index (χ0n) is 15.8. The Kier molecular flexibility index (Phi) is 7.48. The van der Waals surface area contributed by atoms with E-state index < -0.39 is 5.97 Å². The van der Waals surface area contributed by atoms with Gasteiger partial charge < -0.3 is 18.9 Å². The molecule has 5 nitrogen and oxygen atoms in total. The van der Waals surface area contributed by atoms with Gasteiger partial charge in [-0.1, -0.05) is 19.1 Å². The molecule has 0 saturated carbocycles. The Morgan fingerprint density at radius 1 is 1.04 bits per heavy atom. The van der Waals surface area contributed by atoms with E-state index in [-0.39, 0.29) is 6.10 Å². The fourth-order valence-electron chi connectivity index (χ4n) is 2.35. The van der Waals surface area contributed by atoms with Crippen molar-refractivity contribution in [1.82, 2.24) is 0 Å². The van der Waals surface area contributed by atoms with Gasteiger partial charge >= 0.3 is 5.97 Å². The Hall–Kier alpha value is -2.53. The van der Waals surface area contributed by atoms with Crippen LogP contribution in [0, 0.1) is 0 Å². The smallest absolute Gasteiger partial charge is 0.347 e. The molecule has 0 spiro atoms. The average molecular weight is 358 g/mol. The average Bonchev–Trinajstić information content (AvgIpc) is 2.68. The van der Waals surface area contributed by atoms with Gasteiger partial charge in [-0.2, -0.15) is 0 Å². The topological polar surface area (TPSA) is 54.0 Å². The Bertz CT molecular complexity index is 709. The van der Waals surface area contributed by atoms with Gasteiger partial charge in [-0.05, 0) is 43.2 Å². The summed E-state index contributed by atoms with van der Waals surface area (Å²) in [6, 6.07) is 12.5. The molecule has 0 aliphatic heterocycles. The van der Waals surface area contributed by atoms with Gasteiger partial charge in [0, 0.05) is 19.6 Å². The highest BCUT2D eigenvalue weighted by Crippen LogP contribution is 2.26. The first kappa shape index (κ1) is 19.8. The van der Waals surface area contributed by atoms with Crippen LogP contribution in [0.3, 0.4) is 0 Å². The Labute approximate surface area is 154 Å². The molecule has 0 aliphatic carbocycles. The molecule has 0 aromatic heterocycles. The number of benzene rings is 2. The first-order chi connectivity index (χ1) is 12.6. The number of carbonyl (C=O) groups is 1. The number of hydrogen-bond acceptors (Lipinski definition) is 5. The lowest BCUT2D eigenvalue weighted by molar-refractivity contribution is 0.0731. The summed E-state index contributed by atoms with van der Waals surface area (Å²) in [6.07, 6.45) is 1.84. The SMILES string of the molecule is CCc1ccc(OC(=O)c2ccc(OCCC(C)OC)cc2OC)cc1. The van der Waals surface area contributed by atoms with E-state index in [4.69, 9.17) is 18.9 Å². The molecule has 0 aliphatic rings. The van der Waals surface area contributed by atoms with Gasteiger partial charge in [0.05, 0.1) is 19.8 Å². The minimum absolute atomic E-state index is 0.130. The van der Waals surface area contributed by atoms with Crippen molar-refractivity contribution in [1.29, 1.82) is 0 Å². The second-order valence-corrected chi connectivity index (χ2v) is 5.93. The van der Waals surface area contributed by atoms with E-state index in [9.17, 15) is 4.79 Å². The van der Waals surface area contributed by atoms with Crippen molar-refractivity contribution in [3.8, 4) is 17.2 Å². The van der Waals surface area contributed by atoms with Crippen molar-refractivity contribution in [3.63, 3.8) is 0 Å². The molecule has 0 N–H and O–H groups in total. The zero-order valence-corrected chi connectivity index (χ0v) is 15.8. The summed E-state index contributed by atoms with van der Waals surface area (Å²) in [5, 5.41) is 0. The van der Waals surface area contributed by atoms with Gasteiger partial charge in [-0.25, -0.2) is 4.79 Å². The van der Waals surface area contributed by atoms with E-state index in [0.29, 0.717) is 29.4 Å². The van der Waals surface area contributed by atoms with E-state index >= 15 is 0 Å². The van der Waals surface area contributed by atoms with Gasteiger partial charge in [-0.3, -0.25) is 0 Å². The molecule has 1 atom stereocenters. The van der Waals surface area contributed by atoms with Gasteiger partial charge in [0.1, 0.15) is 22.8 Å². The van der Waals surface area contributed by atoms with Crippen LogP contribution in [0.15, 0.2) is 42.5 Å². The fraction of sp³-hybridized carbons (Fsp3) is 0.381. The van der Waals surface area contributed by atoms with Crippen LogP contribution in [-0.2, 0) is 11.2 Å². The van der Waals surface area contributed by atoms with E-state index in [1.807, 2.05) is 19.1 Å². The molecular formula is C21H26O5. The molecule has 26 heavy (non-hydrogen) atoms. The van der Waals surface area contributed by atoms with Crippen LogP contribution in [0.5, 0.6) is 17.2 Å². The summed E-state index contributed by atoms with van der Waals surface area (Å²) in [4.78, 5) is 12.4. The number of hydrogen-bond donors (Lipinski definition) is 0. The zero-order chi connectivity index (χ0) is 18.9. The molecule has 0 radical (unpaired) electrons. The second-order valence-electron chi connectivity index (χ2n) is 5.93. The van der Waals surface area contributed by atoms with Crippen LogP contribution in [0.25, 0.3) is 0 Å². The van der Waals surface area contributed by atoms with Crippen molar-refractivity contribution in [3.05, 3.63) is 53.6 Å². The highest BCUT2D eigenvalue weighted by Gasteiger charge is 2.16. The minimum Gasteiger partial charge on any atom is -0.496 e. The molecule has 2 aromatic rings. The van der Waals surface area contributed by atoms with Gasteiger partial charge in [-0.15, -0.1) is 0 Å². The third kappa shape index (κ3) is 5.49. The lowest BCUT2D eigenvalue weighted by Gasteiger charge is -2.13. The van der Waals surface area contributed by atoms with Crippen molar-refractivity contribution in [2.45, 2.75) is 32.8 Å². The standard InChI is InChI=1S/C21H26O5/c1-5-16-6-8-17(9-7-16)26-21(22)19-11-10-18(14-20(19)24-4)25-13-12-15(2)23-3/h6-11,14-15H,5,12-13H2,1-4H3. The number of rotatable bonds is 9. The van der Waals surface area contributed by atoms with Crippen LogP contribution in [0.2, 0.25) is 0 Å². The van der Waals surface area contributed by atoms with Crippen LogP contribution >= 0.6 is 0 Å². The first-order valence-electron chi connectivity index (χ1n) is 8.72. The Balaban J connectivity index is 2.04. The van der Waals surface area contributed by atoms with E-state index in [2.05, 4.69) is 6.92 Å². The summed E-state index contributed by atoms with van der Waals surface area (Å²) in [5.41, 5.74) is 1.54.